The van der Waals surface area contributed by atoms with Crippen LogP contribution in [-0.2, 0) is 19.6 Å². The predicted molar refractivity (Wildman–Crippen MR) is 134 cm³/mol. The van der Waals surface area contributed by atoms with Gasteiger partial charge in [0, 0.05) is 12.6 Å². The molecular formula is C26H38N2O5S. The monoisotopic (exact) mass is 490 g/mol. The van der Waals surface area contributed by atoms with E-state index in [-0.39, 0.29) is 24.1 Å². The Labute approximate surface area is 204 Å². The highest BCUT2D eigenvalue weighted by atomic mass is 32.2. The van der Waals surface area contributed by atoms with E-state index < -0.39 is 10.0 Å². The molecule has 7 nitrogen and oxygen atoms in total. The summed E-state index contributed by atoms with van der Waals surface area (Å²) in [5.74, 6) is 1.18. The molecule has 1 aromatic rings. The number of piperidine rings is 1. The smallest absolute Gasteiger partial charge is 0.246 e. The molecule has 2 aliphatic rings. The van der Waals surface area contributed by atoms with E-state index in [1.54, 1.807) is 4.90 Å². The molecule has 1 aliphatic heterocycles. The number of hydrogen-bond donors (Lipinski definition) is 1. The van der Waals surface area contributed by atoms with E-state index >= 15 is 0 Å². The van der Waals surface area contributed by atoms with E-state index in [1.165, 1.54) is 11.6 Å². The van der Waals surface area contributed by atoms with Crippen LogP contribution in [0.25, 0.3) is 0 Å². The van der Waals surface area contributed by atoms with Crippen LogP contribution in [0.3, 0.4) is 0 Å². The second kappa shape index (κ2) is 12.5. The molecule has 0 bridgehead atoms. The highest BCUT2D eigenvalue weighted by molar-refractivity contribution is 7.88. The minimum Gasteiger partial charge on any atom is -0.493 e. The Balaban J connectivity index is 1.56. The van der Waals surface area contributed by atoms with Gasteiger partial charge in [-0.25, -0.2) is 13.1 Å². The SMILES string of the molecule is C=CCCOc1cccc([C@H]2CC[C@@H](OCC3C(NS(C)(=O)=O)CCCN3C(=O)C=C)CC2)c1. The van der Waals surface area contributed by atoms with Gasteiger partial charge < -0.3 is 14.4 Å². The summed E-state index contributed by atoms with van der Waals surface area (Å²) in [4.78, 5) is 14.1. The molecule has 1 N–H and O–H groups in total. The van der Waals surface area contributed by atoms with Crippen LogP contribution < -0.4 is 9.46 Å². The van der Waals surface area contributed by atoms with Crippen molar-refractivity contribution >= 4 is 15.9 Å². The maximum absolute atomic E-state index is 12.4. The third-order valence-corrected chi connectivity index (χ3v) is 7.43. The predicted octanol–water partition coefficient (Wildman–Crippen LogP) is 3.78. The number of rotatable bonds is 11. The standard InChI is InChI=1S/C26H38N2O5S/c1-4-6-17-32-23-10-7-9-21(18-23)20-12-14-22(15-13-20)33-19-25-24(27-34(3,30)31)11-8-16-28(25)26(29)5-2/h4-5,7,9-10,18,20,22,24-25,27H,1-2,6,8,11-17,19H2,3H3/t20-,22+,24?,25?. The van der Waals surface area contributed by atoms with Gasteiger partial charge in [0.25, 0.3) is 0 Å². The zero-order valence-corrected chi connectivity index (χ0v) is 21.0. The molecule has 0 spiro atoms. The number of sulfonamides is 1. The lowest BCUT2D eigenvalue weighted by molar-refractivity contribution is -0.133. The van der Waals surface area contributed by atoms with Crippen LogP contribution >= 0.6 is 0 Å². The molecule has 188 valence electrons. The molecule has 34 heavy (non-hydrogen) atoms. The summed E-state index contributed by atoms with van der Waals surface area (Å²) < 4.78 is 38.5. The van der Waals surface area contributed by atoms with Gasteiger partial charge in [0.15, 0.2) is 0 Å². The van der Waals surface area contributed by atoms with Crippen LogP contribution in [0.4, 0.5) is 0 Å². The zero-order valence-electron chi connectivity index (χ0n) is 20.2. The molecule has 0 radical (unpaired) electrons. The highest BCUT2D eigenvalue weighted by Crippen LogP contribution is 2.35. The minimum absolute atomic E-state index is 0.102. The van der Waals surface area contributed by atoms with Gasteiger partial charge in [-0.3, -0.25) is 4.79 Å². The molecule has 2 unspecified atom stereocenters. The van der Waals surface area contributed by atoms with Crippen molar-refractivity contribution in [1.82, 2.24) is 9.62 Å². The molecule has 8 heteroatoms. The summed E-state index contributed by atoms with van der Waals surface area (Å²) in [5.41, 5.74) is 1.29. The average molecular weight is 491 g/mol. The summed E-state index contributed by atoms with van der Waals surface area (Å²) in [5, 5.41) is 0. The second-order valence-corrected chi connectivity index (χ2v) is 11.0. The first-order chi connectivity index (χ1) is 16.3. The highest BCUT2D eigenvalue weighted by Gasteiger charge is 2.36. The lowest BCUT2D eigenvalue weighted by Gasteiger charge is -2.41. The van der Waals surface area contributed by atoms with Crippen LogP contribution in [-0.4, -0.2) is 63.4 Å². The lowest BCUT2D eigenvalue weighted by Crippen LogP contribution is -2.58. The van der Waals surface area contributed by atoms with E-state index in [0.29, 0.717) is 32.1 Å². The fourth-order valence-electron chi connectivity index (χ4n) is 4.98. The second-order valence-electron chi connectivity index (χ2n) is 9.25. The van der Waals surface area contributed by atoms with Gasteiger partial charge in [0.05, 0.1) is 31.6 Å². The van der Waals surface area contributed by atoms with Crippen LogP contribution in [0.2, 0.25) is 0 Å². The number of benzene rings is 1. The van der Waals surface area contributed by atoms with Crippen molar-refractivity contribution < 1.29 is 22.7 Å². The van der Waals surface area contributed by atoms with Crippen LogP contribution in [0.15, 0.2) is 49.6 Å². The van der Waals surface area contributed by atoms with E-state index in [0.717, 1.165) is 50.5 Å². The maximum Gasteiger partial charge on any atom is 0.246 e. The van der Waals surface area contributed by atoms with Crippen molar-refractivity contribution in [3.05, 3.63) is 55.1 Å². The van der Waals surface area contributed by atoms with E-state index in [2.05, 4.69) is 30.0 Å². The average Bonchev–Trinajstić information content (AvgIpc) is 2.82. The fraction of sp³-hybridized carbons (Fsp3) is 0.577. The van der Waals surface area contributed by atoms with Crippen molar-refractivity contribution in [2.75, 3.05) is 26.0 Å². The molecule has 1 aliphatic carbocycles. The zero-order chi connectivity index (χ0) is 24.6. The van der Waals surface area contributed by atoms with Crippen LogP contribution in [0.1, 0.15) is 56.4 Å². The Kier molecular flexibility index (Phi) is 9.74. The van der Waals surface area contributed by atoms with E-state index in [9.17, 15) is 13.2 Å². The maximum atomic E-state index is 12.4. The first-order valence-corrected chi connectivity index (χ1v) is 14.1. The largest absolute Gasteiger partial charge is 0.493 e. The number of amides is 1. The van der Waals surface area contributed by atoms with Gasteiger partial charge in [-0.05, 0) is 74.6 Å². The first kappa shape index (κ1) is 26.4. The molecule has 1 heterocycles. The Hall–Kier alpha value is -2.16. The number of nitrogens with zero attached hydrogens (tertiary/aromatic N) is 1. The van der Waals surface area contributed by atoms with Gasteiger partial charge >= 0.3 is 0 Å². The van der Waals surface area contributed by atoms with Gasteiger partial charge in [0.1, 0.15) is 5.75 Å². The van der Waals surface area contributed by atoms with Crippen molar-refractivity contribution in [3.8, 4) is 5.75 Å². The Bertz CT molecular complexity index is 940. The number of carbonyl (C=O) groups is 1. The van der Waals surface area contributed by atoms with E-state index in [4.69, 9.17) is 9.47 Å². The van der Waals surface area contributed by atoms with Gasteiger partial charge in [-0.1, -0.05) is 24.8 Å². The van der Waals surface area contributed by atoms with E-state index in [1.807, 2.05) is 18.2 Å². The Morgan fingerprint density at radius 3 is 2.65 bits per heavy atom. The van der Waals surface area contributed by atoms with Crippen molar-refractivity contribution in [2.24, 2.45) is 0 Å². The number of nitrogens with one attached hydrogen (secondary N) is 1. The molecule has 2 fully saturated rings. The summed E-state index contributed by atoms with van der Waals surface area (Å²) in [7, 11) is -3.39. The number of carbonyl (C=O) groups excluding carboxylic acids is 1. The van der Waals surface area contributed by atoms with Crippen LogP contribution in [0, 0.1) is 0 Å². The Morgan fingerprint density at radius 2 is 1.97 bits per heavy atom. The van der Waals surface area contributed by atoms with Crippen molar-refractivity contribution in [1.29, 1.82) is 0 Å². The number of hydrogen-bond acceptors (Lipinski definition) is 5. The number of ether oxygens (including phenoxy) is 2. The first-order valence-electron chi connectivity index (χ1n) is 12.2. The third-order valence-electron chi connectivity index (χ3n) is 6.70. The quantitative estimate of drug-likeness (QED) is 0.290. The van der Waals surface area contributed by atoms with Crippen LogP contribution in [0.5, 0.6) is 5.75 Å². The van der Waals surface area contributed by atoms with Gasteiger partial charge in [-0.2, -0.15) is 0 Å². The lowest BCUT2D eigenvalue weighted by atomic mass is 9.82. The fourth-order valence-corrected chi connectivity index (χ4v) is 5.81. The van der Waals surface area contributed by atoms with Gasteiger partial charge in [-0.15, -0.1) is 6.58 Å². The molecule has 1 amide bonds. The van der Waals surface area contributed by atoms with Gasteiger partial charge in [0.2, 0.25) is 15.9 Å². The number of likely N-dealkylation sites (tertiary alicyclic amines) is 1. The summed E-state index contributed by atoms with van der Waals surface area (Å²) in [6, 6.07) is 7.64. The normalized spacial score (nSPS) is 25.5. The molecule has 3 rings (SSSR count). The summed E-state index contributed by atoms with van der Waals surface area (Å²) >= 11 is 0. The topological polar surface area (TPSA) is 84.9 Å². The summed E-state index contributed by atoms with van der Waals surface area (Å²) in [6.07, 6.45) is 10.5. The molecular weight excluding hydrogens is 452 g/mol. The molecule has 2 atom stereocenters. The molecule has 1 aromatic carbocycles. The third kappa shape index (κ3) is 7.68. The molecule has 1 saturated carbocycles. The minimum atomic E-state index is -3.39. The van der Waals surface area contributed by atoms with Crippen molar-refractivity contribution in [3.63, 3.8) is 0 Å². The Morgan fingerprint density at radius 1 is 1.21 bits per heavy atom. The van der Waals surface area contributed by atoms with Crippen molar-refractivity contribution in [2.45, 2.75) is 69.1 Å². The molecule has 1 saturated heterocycles. The molecule has 0 aromatic heterocycles. The summed E-state index contributed by atoms with van der Waals surface area (Å²) in [6.45, 7) is 8.86.